The third-order valence-electron chi connectivity index (χ3n) is 8.84. The van der Waals surface area contributed by atoms with Gasteiger partial charge >= 0.3 is 24.1 Å². The summed E-state index contributed by atoms with van der Waals surface area (Å²) in [4.78, 5) is 47.5. The number of benzene rings is 1. The van der Waals surface area contributed by atoms with Crippen LogP contribution in [0.4, 0.5) is 13.2 Å². The number of rotatable bonds is 8. The number of alkyl halides is 3. The van der Waals surface area contributed by atoms with Crippen molar-refractivity contribution >= 4 is 37.3 Å². The molecule has 4 N–H and O–H groups in total. The van der Waals surface area contributed by atoms with Crippen molar-refractivity contribution < 1.29 is 61.9 Å². The van der Waals surface area contributed by atoms with E-state index in [4.69, 9.17) is 24.1 Å². The lowest BCUT2D eigenvalue weighted by Gasteiger charge is -2.61. The molecule has 4 aliphatic rings. The summed E-state index contributed by atoms with van der Waals surface area (Å²) in [5.41, 5.74) is 0.156. The lowest BCUT2D eigenvalue weighted by atomic mass is 9.50. The molecule has 1 fully saturated rings. The monoisotopic (exact) mass is 662 g/mol. The lowest BCUT2D eigenvalue weighted by Crippen LogP contribution is -2.74. The number of hydrogen-bond donors (Lipinski definition) is 4. The third-order valence-corrected chi connectivity index (χ3v) is 8.84. The molecule has 2 aliphatic carbocycles. The van der Waals surface area contributed by atoms with Gasteiger partial charge in [0.15, 0.2) is 17.6 Å². The van der Waals surface area contributed by atoms with Gasteiger partial charge in [-0.2, -0.15) is 26.7 Å². The van der Waals surface area contributed by atoms with Crippen LogP contribution in [0.15, 0.2) is 24.0 Å². The quantitative estimate of drug-likeness (QED) is 0.301. The van der Waals surface area contributed by atoms with Crippen LogP contribution in [0.3, 0.4) is 0 Å². The number of esters is 1. The first-order chi connectivity index (χ1) is 20.5. The molecule has 0 unspecified atom stereocenters. The van der Waals surface area contributed by atoms with Crippen LogP contribution >= 0.6 is 13.5 Å². The SMILES string of the molecule is COc1ccc2c3c1O[C@H]1C(OC(=O)CCC(=O)N[C@H](C(=O)O)C(C)C)=CC[C@@]4(O)[C@@H](C2)N(C)CC[C@]314.O=C(O)C(F)(F)F.S. The van der Waals surface area contributed by atoms with Gasteiger partial charge in [-0.25, -0.2) is 9.59 Å². The zero-order chi connectivity index (χ0) is 32.8. The van der Waals surface area contributed by atoms with Crippen molar-refractivity contribution in [3.8, 4) is 11.5 Å². The molecule has 12 nitrogen and oxygen atoms in total. The molecule has 0 saturated carbocycles. The van der Waals surface area contributed by atoms with Gasteiger partial charge in [0, 0.05) is 24.4 Å². The average Bonchev–Trinajstić information content (AvgIpc) is 3.29. The van der Waals surface area contributed by atoms with Crippen molar-refractivity contribution in [2.75, 3.05) is 20.7 Å². The Labute approximate surface area is 263 Å². The zero-order valence-corrected chi connectivity index (χ0v) is 26.1. The van der Waals surface area contributed by atoms with Gasteiger partial charge in [-0.1, -0.05) is 19.9 Å². The summed E-state index contributed by atoms with van der Waals surface area (Å²) in [7, 11) is 3.60. The van der Waals surface area contributed by atoms with E-state index in [0.717, 1.165) is 17.7 Å². The minimum atomic E-state index is -5.08. The molecule has 1 aromatic carbocycles. The number of hydrogen-bond acceptors (Lipinski definition) is 9. The standard InChI is InChI=1S/C27H34N2O8.C2HF3O2.H2S/c1-14(2)22(25(32)33)28-19(30)7-8-20(31)36-17-9-10-27(34)18-13-15-5-6-16(35-4)23-21(15)26(27,24(17)37-23)11-12-29(18)3;3-2(4,5)1(6)7;/h5-6,9,14,18,22,24,34H,7-8,10-13H2,1-4H3,(H,28,30)(H,32,33);(H,6,7);1H2/t18-,22+,24+,26+,27-;;/m1../s1. The van der Waals surface area contributed by atoms with E-state index in [-0.39, 0.29) is 38.3 Å². The number of methoxy groups -OCH3 is 1. The van der Waals surface area contributed by atoms with Gasteiger partial charge in [0.1, 0.15) is 11.8 Å². The number of halogens is 3. The molecule has 2 bridgehead atoms. The first-order valence-electron chi connectivity index (χ1n) is 14.0. The average molecular weight is 663 g/mol. The summed E-state index contributed by atoms with van der Waals surface area (Å²) < 4.78 is 49.5. The topological polar surface area (TPSA) is 172 Å². The van der Waals surface area contributed by atoms with E-state index in [1.54, 1.807) is 27.0 Å². The number of carboxylic acids is 2. The fraction of sp³-hybridized carbons (Fsp3) is 0.586. The van der Waals surface area contributed by atoms with Crippen molar-refractivity contribution in [1.29, 1.82) is 0 Å². The molecule has 1 aromatic rings. The van der Waals surface area contributed by atoms with Crippen LogP contribution < -0.4 is 14.8 Å². The number of carbonyl (C=O) groups excluding carboxylic acids is 2. The minimum Gasteiger partial charge on any atom is -0.493 e. The molecule has 1 saturated heterocycles. The molecular formula is C29H37F3N2O10S. The number of carboxylic acid groups (broad SMARTS) is 2. The first kappa shape index (κ1) is 36.0. The van der Waals surface area contributed by atoms with Gasteiger partial charge in [0.25, 0.3) is 0 Å². The number of aliphatic carboxylic acids is 2. The van der Waals surface area contributed by atoms with Crippen LogP contribution in [-0.2, 0) is 35.8 Å². The summed E-state index contributed by atoms with van der Waals surface area (Å²) in [5.74, 6) is -3.84. The Morgan fingerprint density at radius 3 is 2.38 bits per heavy atom. The summed E-state index contributed by atoms with van der Waals surface area (Å²) in [6, 6.07) is 2.76. The maximum Gasteiger partial charge on any atom is 0.490 e. The van der Waals surface area contributed by atoms with Gasteiger partial charge in [0.05, 0.1) is 24.5 Å². The second-order valence-electron chi connectivity index (χ2n) is 11.7. The molecule has 5 rings (SSSR count). The van der Waals surface area contributed by atoms with Crippen molar-refractivity contribution in [2.45, 2.75) is 81.3 Å². The van der Waals surface area contributed by atoms with E-state index in [9.17, 15) is 37.8 Å². The minimum absolute atomic E-state index is 0. The largest absolute Gasteiger partial charge is 0.493 e. The van der Waals surface area contributed by atoms with Gasteiger partial charge in [-0.3, -0.25) is 9.59 Å². The van der Waals surface area contributed by atoms with Gasteiger partial charge < -0.3 is 39.7 Å². The highest BCUT2D eigenvalue weighted by Gasteiger charge is 2.72. The molecule has 16 heteroatoms. The summed E-state index contributed by atoms with van der Waals surface area (Å²) in [6.45, 7) is 4.15. The Hall–Kier alpha value is -3.50. The molecule has 0 radical (unpaired) electrons. The fourth-order valence-corrected chi connectivity index (χ4v) is 6.75. The predicted octanol–water partition coefficient (Wildman–Crippen LogP) is 2.27. The number of likely N-dealkylation sites (tertiary alicyclic amines) is 1. The third kappa shape index (κ3) is 6.31. The van der Waals surface area contributed by atoms with Crippen molar-refractivity contribution in [3.05, 3.63) is 35.1 Å². The van der Waals surface area contributed by atoms with Gasteiger partial charge in [-0.05, 0) is 50.1 Å². The molecule has 2 aliphatic heterocycles. The number of nitrogens with zero attached hydrogens (tertiary/aromatic N) is 1. The highest BCUT2D eigenvalue weighted by atomic mass is 32.1. The Balaban J connectivity index is 0.000000621. The summed E-state index contributed by atoms with van der Waals surface area (Å²) >= 11 is 0. The van der Waals surface area contributed by atoms with Crippen LogP contribution in [0, 0.1) is 5.92 Å². The number of nitrogens with one attached hydrogen (secondary N) is 1. The van der Waals surface area contributed by atoms with Crippen LogP contribution in [-0.4, -0.2) is 94.7 Å². The van der Waals surface area contributed by atoms with Crippen LogP contribution in [0.25, 0.3) is 0 Å². The Kier molecular flexibility index (Phi) is 10.5. The Bertz CT molecular complexity index is 1390. The number of piperidine rings is 1. The smallest absolute Gasteiger partial charge is 0.490 e. The second-order valence-corrected chi connectivity index (χ2v) is 11.7. The lowest BCUT2D eigenvalue weighted by molar-refractivity contribution is -0.192. The number of aliphatic hydroxyl groups is 1. The second kappa shape index (κ2) is 13.1. The molecule has 1 spiro atoms. The molecule has 250 valence electrons. The highest BCUT2D eigenvalue weighted by Crippen LogP contribution is 2.65. The molecule has 5 atom stereocenters. The van der Waals surface area contributed by atoms with E-state index in [1.807, 2.05) is 19.2 Å². The maximum absolute atomic E-state index is 12.8. The van der Waals surface area contributed by atoms with E-state index >= 15 is 0 Å². The number of ether oxygens (including phenoxy) is 3. The summed E-state index contributed by atoms with van der Waals surface area (Å²) in [5, 5.41) is 31.1. The van der Waals surface area contributed by atoms with E-state index in [0.29, 0.717) is 36.5 Å². The molecule has 45 heavy (non-hydrogen) atoms. The van der Waals surface area contributed by atoms with Crippen LogP contribution in [0.2, 0.25) is 0 Å². The predicted molar refractivity (Wildman–Crippen MR) is 155 cm³/mol. The summed E-state index contributed by atoms with van der Waals surface area (Å²) in [6.07, 6.45) is -2.87. The van der Waals surface area contributed by atoms with Crippen molar-refractivity contribution in [3.63, 3.8) is 0 Å². The zero-order valence-electron chi connectivity index (χ0n) is 25.1. The van der Waals surface area contributed by atoms with Crippen LogP contribution in [0.1, 0.15) is 50.7 Å². The van der Waals surface area contributed by atoms with Gasteiger partial charge in [0.2, 0.25) is 5.91 Å². The highest BCUT2D eigenvalue weighted by molar-refractivity contribution is 7.59. The number of amides is 1. The fourth-order valence-electron chi connectivity index (χ4n) is 6.75. The maximum atomic E-state index is 12.8. The van der Waals surface area contributed by atoms with E-state index in [2.05, 4.69) is 10.2 Å². The van der Waals surface area contributed by atoms with Gasteiger partial charge in [-0.15, -0.1) is 0 Å². The molecule has 1 amide bonds. The number of likely N-dealkylation sites (N-methyl/N-ethyl adjacent to an activating group) is 1. The Morgan fingerprint density at radius 1 is 1.18 bits per heavy atom. The van der Waals surface area contributed by atoms with E-state index < -0.39 is 53.2 Å². The normalized spacial score (nSPS) is 26.5. The Morgan fingerprint density at radius 2 is 1.82 bits per heavy atom. The van der Waals surface area contributed by atoms with E-state index in [1.165, 1.54) is 0 Å². The molecule has 0 aromatic heterocycles. The molecular weight excluding hydrogens is 625 g/mol. The van der Waals surface area contributed by atoms with Crippen molar-refractivity contribution in [1.82, 2.24) is 10.2 Å². The van der Waals surface area contributed by atoms with Crippen molar-refractivity contribution in [2.24, 2.45) is 5.92 Å². The number of carbonyl (C=O) groups is 4. The first-order valence-corrected chi connectivity index (χ1v) is 14.0. The van der Waals surface area contributed by atoms with Crippen LogP contribution in [0.5, 0.6) is 11.5 Å². The molecule has 2 heterocycles.